The molecule has 7 heteroatoms. The second-order valence-corrected chi connectivity index (χ2v) is 6.68. The van der Waals surface area contributed by atoms with E-state index in [4.69, 9.17) is 11.6 Å². The normalized spacial score (nSPS) is 10.7. The van der Waals surface area contributed by atoms with Crippen LogP contribution in [0.15, 0.2) is 42.5 Å². The zero-order valence-electron chi connectivity index (χ0n) is 15.4. The van der Waals surface area contributed by atoms with Crippen molar-refractivity contribution < 1.29 is 14.0 Å². The van der Waals surface area contributed by atoms with Crippen molar-refractivity contribution in [3.63, 3.8) is 0 Å². The SMILES string of the molecule is CCCN(CC(=O)Nc1ccccc1C)CC(=O)Nc1cc(Cl)ccc1F. The number of rotatable bonds is 8. The van der Waals surface area contributed by atoms with Crippen molar-refractivity contribution in [1.29, 1.82) is 0 Å². The van der Waals surface area contributed by atoms with Gasteiger partial charge in [0.15, 0.2) is 0 Å². The number of para-hydroxylation sites is 1. The molecule has 27 heavy (non-hydrogen) atoms. The van der Waals surface area contributed by atoms with Gasteiger partial charge in [0.2, 0.25) is 11.8 Å². The van der Waals surface area contributed by atoms with Crippen LogP contribution < -0.4 is 10.6 Å². The van der Waals surface area contributed by atoms with Gasteiger partial charge < -0.3 is 10.6 Å². The van der Waals surface area contributed by atoms with E-state index in [2.05, 4.69) is 10.6 Å². The molecule has 0 heterocycles. The smallest absolute Gasteiger partial charge is 0.238 e. The molecule has 0 fully saturated rings. The summed E-state index contributed by atoms with van der Waals surface area (Å²) in [7, 11) is 0. The predicted molar refractivity (Wildman–Crippen MR) is 107 cm³/mol. The number of hydrogen-bond donors (Lipinski definition) is 2. The van der Waals surface area contributed by atoms with Crippen molar-refractivity contribution >= 4 is 34.8 Å². The van der Waals surface area contributed by atoms with Crippen LogP contribution in [0.1, 0.15) is 18.9 Å². The Kier molecular flexibility index (Phi) is 7.76. The highest BCUT2D eigenvalue weighted by molar-refractivity contribution is 6.30. The van der Waals surface area contributed by atoms with Gasteiger partial charge in [-0.25, -0.2) is 4.39 Å². The summed E-state index contributed by atoms with van der Waals surface area (Å²) in [4.78, 5) is 26.3. The summed E-state index contributed by atoms with van der Waals surface area (Å²) in [5.74, 6) is -1.18. The Hall–Kier alpha value is -2.44. The van der Waals surface area contributed by atoms with Gasteiger partial charge in [-0.05, 0) is 49.7 Å². The van der Waals surface area contributed by atoms with Gasteiger partial charge in [0.25, 0.3) is 0 Å². The number of nitrogens with one attached hydrogen (secondary N) is 2. The molecular weight excluding hydrogens is 369 g/mol. The topological polar surface area (TPSA) is 61.4 Å². The van der Waals surface area contributed by atoms with Crippen LogP contribution in [0, 0.1) is 12.7 Å². The van der Waals surface area contributed by atoms with Crippen LogP contribution in [0.5, 0.6) is 0 Å². The highest BCUT2D eigenvalue weighted by atomic mass is 35.5. The Morgan fingerprint density at radius 1 is 1.04 bits per heavy atom. The molecule has 2 amide bonds. The molecule has 2 aromatic rings. The van der Waals surface area contributed by atoms with Gasteiger partial charge in [0.1, 0.15) is 5.82 Å². The summed E-state index contributed by atoms with van der Waals surface area (Å²) in [6.45, 7) is 4.47. The molecule has 2 rings (SSSR count). The van der Waals surface area contributed by atoms with Gasteiger partial charge in [-0.15, -0.1) is 0 Å². The maximum atomic E-state index is 13.8. The van der Waals surface area contributed by atoms with E-state index in [1.54, 1.807) is 4.90 Å². The minimum Gasteiger partial charge on any atom is -0.325 e. The first-order valence-electron chi connectivity index (χ1n) is 8.71. The lowest BCUT2D eigenvalue weighted by atomic mass is 10.2. The summed E-state index contributed by atoms with van der Waals surface area (Å²) in [6, 6.07) is 11.4. The fraction of sp³-hybridized carbons (Fsp3) is 0.300. The average Bonchev–Trinajstić information content (AvgIpc) is 2.60. The third-order valence-corrected chi connectivity index (χ3v) is 4.13. The third kappa shape index (κ3) is 6.66. The summed E-state index contributed by atoms with van der Waals surface area (Å²) in [6.07, 6.45) is 0.774. The van der Waals surface area contributed by atoms with Crippen LogP contribution in [0.2, 0.25) is 5.02 Å². The number of halogens is 2. The van der Waals surface area contributed by atoms with E-state index in [0.717, 1.165) is 17.7 Å². The van der Waals surface area contributed by atoms with Crippen molar-refractivity contribution in [1.82, 2.24) is 4.90 Å². The second-order valence-electron chi connectivity index (χ2n) is 6.25. The highest BCUT2D eigenvalue weighted by Crippen LogP contribution is 2.19. The van der Waals surface area contributed by atoms with E-state index in [9.17, 15) is 14.0 Å². The molecule has 0 aliphatic rings. The summed E-state index contributed by atoms with van der Waals surface area (Å²) >= 11 is 5.83. The van der Waals surface area contributed by atoms with Crippen molar-refractivity contribution in [3.8, 4) is 0 Å². The lowest BCUT2D eigenvalue weighted by molar-refractivity contribution is -0.120. The van der Waals surface area contributed by atoms with Crippen molar-refractivity contribution in [2.75, 3.05) is 30.3 Å². The lowest BCUT2D eigenvalue weighted by Crippen LogP contribution is -2.39. The summed E-state index contributed by atoms with van der Waals surface area (Å²) in [5, 5.41) is 5.68. The number of nitrogens with zero attached hydrogens (tertiary/aromatic N) is 1. The van der Waals surface area contributed by atoms with E-state index in [1.807, 2.05) is 38.1 Å². The Balaban J connectivity index is 1.95. The molecule has 0 saturated carbocycles. The number of carbonyl (C=O) groups is 2. The Bertz CT molecular complexity index is 814. The van der Waals surface area contributed by atoms with E-state index in [1.165, 1.54) is 18.2 Å². The van der Waals surface area contributed by atoms with Crippen LogP contribution >= 0.6 is 11.6 Å². The van der Waals surface area contributed by atoms with Gasteiger partial charge in [-0.3, -0.25) is 14.5 Å². The first-order valence-corrected chi connectivity index (χ1v) is 9.09. The minimum absolute atomic E-state index is 0.0216. The minimum atomic E-state index is -0.563. The molecule has 0 radical (unpaired) electrons. The monoisotopic (exact) mass is 391 g/mol. The molecular formula is C20H23ClFN3O2. The molecule has 0 atom stereocenters. The molecule has 0 unspecified atom stereocenters. The number of amides is 2. The van der Waals surface area contributed by atoms with Gasteiger partial charge in [-0.1, -0.05) is 36.7 Å². The summed E-state index contributed by atoms with van der Waals surface area (Å²) < 4.78 is 13.8. The second kappa shape index (κ2) is 10.0. The molecule has 144 valence electrons. The van der Waals surface area contributed by atoms with E-state index < -0.39 is 11.7 Å². The fourth-order valence-electron chi connectivity index (χ4n) is 2.62. The summed E-state index contributed by atoms with van der Waals surface area (Å²) in [5.41, 5.74) is 1.72. The number of benzene rings is 2. The first kappa shape index (κ1) is 20.9. The van der Waals surface area contributed by atoms with Crippen LogP contribution in [0.4, 0.5) is 15.8 Å². The van der Waals surface area contributed by atoms with Crippen molar-refractivity contribution in [3.05, 3.63) is 58.9 Å². The largest absolute Gasteiger partial charge is 0.325 e. The van der Waals surface area contributed by atoms with Gasteiger partial charge in [0.05, 0.1) is 18.8 Å². The Morgan fingerprint density at radius 2 is 1.67 bits per heavy atom. The zero-order valence-corrected chi connectivity index (χ0v) is 16.1. The number of carbonyl (C=O) groups excluding carboxylic acids is 2. The molecule has 0 aliphatic carbocycles. The third-order valence-electron chi connectivity index (χ3n) is 3.90. The molecule has 2 aromatic carbocycles. The van der Waals surface area contributed by atoms with E-state index in [0.29, 0.717) is 11.6 Å². The van der Waals surface area contributed by atoms with Crippen molar-refractivity contribution in [2.24, 2.45) is 0 Å². The number of anilines is 2. The zero-order chi connectivity index (χ0) is 19.8. The van der Waals surface area contributed by atoms with Gasteiger partial charge in [0, 0.05) is 10.7 Å². The standard InChI is InChI=1S/C20H23ClFN3O2/c1-3-10-25(12-19(26)23-17-7-5-4-6-14(17)2)13-20(27)24-18-11-15(21)8-9-16(18)22/h4-9,11H,3,10,12-13H2,1-2H3,(H,23,26)(H,24,27). The molecule has 0 aliphatic heterocycles. The number of aryl methyl sites for hydroxylation is 1. The maximum absolute atomic E-state index is 13.8. The number of hydrogen-bond acceptors (Lipinski definition) is 3. The van der Waals surface area contributed by atoms with Crippen LogP contribution in [-0.4, -0.2) is 36.3 Å². The van der Waals surface area contributed by atoms with E-state index in [-0.39, 0.29) is 24.7 Å². The lowest BCUT2D eigenvalue weighted by Gasteiger charge is -2.21. The van der Waals surface area contributed by atoms with Gasteiger partial charge >= 0.3 is 0 Å². The van der Waals surface area contributed by atoms with Gasteiger partial charge in [-0.2, -0.15) is 0 Å². The quantitative estimate of drug-likeness (QED) is 0.712. The van der Waals surface area contributed by atoms with E-state index >= 15 is 0 Å². The highest BCUT2D eigenvalue weighted by Gasteiger charge is 2.16. The van der Waals surface area contributed by atoms with Crippen LogP contribution in [0.3, 0.4) is 0 Å². The molecule has 2 N–H and O–H groups in total. The Labute approximate surface area is 163 Å². The fourth-order valence-corrected chi connectivity index (χ4v) is 2.79. The predicted octanol–water partition coefficient (Wildman–Crippen LogP) is 4.08. The van der Waals surface area contributed by atoms with Crippen LogP contribution in [0.25, 0.3) is 0 Å². The molecule has 0 bridgehead atoms. The molecule has 5 nitrogen and oxygen atoms in total. The molecule has 0 spiro atoms. The first-order chi connectivity index (χ1) is 12.9. The Morgan fingerprint density at radius 3 is 2.30 bits per heavy atom. The maximum Gasteiger partial charge on any atom is 0.238 e. The van der Waals surface area contributed by atoms with Crippen LogP contribution in [-0.2, 0) is 9.59 Å². The molecule has 0 saturated heterocycles. The average molecular weight is 392 g/mol. The van der Waals surface area contributed by atoms with Crippen molar-refractivity contribution in [2.45, 2.75) is 20.3 Å². The molecule has 0 aromatic heterocycles.